The molecule has 0 spiro atoms. The Balaban J connectivity index is 1.90. The molecule has 1 N–H and O–H groups in total. The summed E-state index contributed by atoms with van der Waals surface area (Å²) in [7, 11) is 0. The van der Waals surface area contributed by atoms with Gasteiger partial charge in [0.1, 0.15) is 0 Å². The summed E-state index contributed by atoms with van der Waals surface area (Å²) < 4.78 is 0. The van der Waals surface area contributed by atoms with E-state index < -0.39 is 5.97 Å². The van der Waals surface area contributed by atoms with Crippen molar-refractivity contribution in [3.05, 3.63) is 29.3 Å². The van der Waals surface area contributed by atoms with Gasteiger partial charge in [0.05, 0.1) is 5.56 Å². The highest BCUT2D eigenvalue weighted by molar-refractivity contribution is 6.00. The van der Waals surface area contributed by atoms with Crippen LogP contribution in [-0.4, -0.2) is 23.5 Å². The number of benzene rings is 1. The summed E-state index contributed by atoms with van der Waals surface area (Å²) in [6.07, 6.45) is 5.89. The first-order chi connectivity index (χ1) is 10.1. The number of rotatable bonds is 3. The van der Waals surface area contributed by atoms with Crippen LogP contribution in [0.25, 0.3) is 0 Å². The van der Waals surface area contributed by atoms with Gasteiger partial charge in [0.2, 0.25) is 5.91 Å². The molecule has 21 heavy (non-hydrogen) atoms. The highest BCUT2D eigenvalue weighted by Gasteiger charge is 2.43. The van der Waals surface area contributed by atoms with E-state index in [1.165, 1.54) is 0 Å². The van der Waals surface area contributed by atoms with Crippen LogP contribution >= 0.6 is 0 Å². The number of fused-ring (bicyclic) bond motifs is 1. The molecule has 3 rings (SSSR count). The number of carbonyl (C=O) groups excluding carboxylic acids is 1. The molecule has 0 bridgehead atoms. The SMILES string of the molecule is CCC1(C(=O)N2CCc3cc(C(=O)O)ccc32)CCCC1. The lowest BCUT2D eigenvalue weighted by molar-refractivity contribution is -0.128. The Labute approximate surface area is 124 Å². The topological polar surface area (TPSA) is 57.6 Å². The molecule has 1 saturated carbocycles. The summed E-state index contributed by atoms with van der Waals surface area (Å²) >= 11 is 0. The van der Waals surface area contributed by atoms with Crippen LogP contribution in [0.3, 0.4) is 0 Å². The van der Waals surface area contributed by atoms with E-state index in [1.54, 1.807) is 18.2 Å². The molecule has 0 radical (unpaired) electrons. The van der Waals surface area contributed by atoms with Crippen molar-refractivity contribution >= 4 is 17.6 Å². The second-order valence-corrected chi connectivity index (χ2v) is 6.20. The Morgan fingerprint density at radius 1 is 1.29 bits per heavy atom. The molecule has 1 aromatic carbocycles. The van der Waals surface area contributed by atoms with E-state index in [-0.39, 0.29) is 11.3 Å². The van der Waals surface area contributed by atoms with Crippen LogP contribution in [0.2, 0.25) is 0 Å². The van der Waals surface area contributed by atoms with Gasteiger partial charge in [-0.1, -0.05) is 19.8 Å². The summed E-state index contributed by atoms with van der Waals surface area (Å²) in [5.41, 5.74) is 2.00. The first-order valence-corrected chi connectivity index (χ1v) is 7.75. The second-order valence-electron chi connectivity index (χ2n) is 6.20. The number of aromatic carboxylic acids is 1. The summed E-state index contributed by atoms with van der Waals surface area (Å²) in [6.45, 7) is 2.78. The molecule has 0 atom stereocenters. The fraction of sp³-hybridized carbons (Fsp3) is 0.529. The maximum Gasteiger partial charge on any atom is 0.335 e. The molecule has 1 aromatic rings. The van der Waals surface area contributed by atoms with Gasteiger partial charge < -0.3 is 10.0 Å². The predicted molar refractivity (Wildman–Crippen MR) is 80.7 cm³/mol. The zero-order valence-electron chi connectivity index (χ0n) is 12.4. The summed E-state index contributed by atoms with van der Waals surface area (Å²) in [4.78, 5) is 25.9. The maximum absolute atomic E-state index is 13.0. The van der Waals surface area contributed by atoms with Crippen LogP contribution in [0.4, 0.5) is 5.69 Å². The van der Waals surface area contributed by atoms with E-state index in [1.807, 2.05) is 4.90 Å². The molecule has 1 aliphatic heterocycles. The van der Waals surface area contributed by atoms with E-state index in [9.17, 15) is 9.59 Å². The summed E-state index contributed by atoms with van der Waals surface area (Å²) in [5, 5.41) is 9.06. The highest BCUT2D eigenvalue weighted by Crippen LogP contribution is 2.44. The van der Waals surface area contributed by atoms with Crippen molar-refractivity contribution in [2.75, 3.05) is 11.4 Å². The molecule has 1 aliphatic carbocycles. The lowest BCUT2D eigenvalue weighted by atomic mass is 9.82. The van der Waals surface area contributed by atoms with Gasteiger partial charge in [-0.15, -0.1) is 0 Å². The van der Waals surface area contributed by atoms with Gasteiger partial charge in [-0.05, 0) is 49.4 Å². The van der Waals surface area contributed by atoms with Crippen molar-refractivity contribution in [1.29, 1.82) is 0 Å². The van der Waals surface area contributed by atoms with Gasteiger partial charge in [-0.25, -0.2) is 4.79 Å². The van der Waals surface area contributed by atoms with Gasteiger partial charge >= 0.3 is 5.97 Å². The smallest absolute Gasteiger partial charge is 0.335 e. The number of anilines is 1. The monoisotopic (exact) mass is 287 g/mol. The molecule has 2 aliphatic rings. The molecular weight excluding hydrogens is 266 g/mol. The molecule has 0 unspecified atom stereocenters. The second kappa shape index (κ2) is 5.17. The molecule has 4 heteroatoms. The van der Waals surface area contributed by atoms with Gasteiger partial charge in [0, 0.05) is 17.6 Å². The van der Waals surface area contributed by atoms with E-state index in [4.69, 9.17) is 5.11 Å². The van der Waals surface area contributed by atoms with Crippen molar-refractivity contribution in [2.24, 2.45) is 5.41 Å². The molecule has 1 fully saturated rings. The van der Waals surface area contributed by atoms with Gasteiger partial charge in [-0.2, -0.15) is 0 Å². The first-order valence-electron chi connectivity index (χ1n) is 7.75. The van der Waals surface area contributed by atoms with E-state index in [0.717, 1.165) is 49.8 Å². The Bertz CT molecular complexity index is 588. The molecule has 0 saturated heterocycles. The third kappa shape index (κ3) is 2.23. The van der Waals surface area contributed by atoms with Crippen LogP contribution < -0.4 is 4.90 Å². The summed E-state index contributed by atoms with van der Waals surface area (Å²) in [5.74, 6) is -0.673. The number of hydrogen-bond acceptors (Lipinski definition) is 2. The Kier molecular flexibility index (Phi) is 3.47. The lowest BCUT2D eigenvalue weighted by Gasteiger charge is -2.31. The fourth-order valence-electron chi connectivity index (χ4n) is 3.80. The molecule has 1 amide bonds. The van der Waals surface area contributed by atoms with E-state index >= 15 is 0 Å². The largest absolute Gasteiger partial charge is 0.478 e. The molecular formula is C17H21NO3. The Morgan fingerprint density at radius 2 is 2.00 bits per heavy atom. The van der Waals surface area contributed by atoms with Crippen molar-refractivity contribution < 1.29 is 14.7 Å². The number of nitrogens with zero attached hydrogens (tertiary/aromatic N) is 1. The van der Waals surface area contributed by atoms with Crippen molar-refractivity contribution in [3.63, 3.8) is 0 Å². The van der Waals surface area contributed by atoms with Crippen molar-refractivity contribution in [1.82, 2.24) is 0 Å². The lowest BCUT2D eigenvalue weighted by Crippen LogP contribution is -2.41. The van der Waals surface area contributed by atoms with Crippen molar-refractivity contribution in [3.8, 4) is 0 Å². The molecule has 112 valence electrons. The van der Waals surface area contributed by atoms with Crippen molar-refractivity contribution in [2.45, 2.75) is 45.4 Å². The van der Waals surface area contributed by atoms with Gasteiger partial charge in [0.25, 0.3) is 0 Å². The van der Waals surface area contributed by atoms with E-state index in [2.05, 4.69) is 6.92 Å². The van der Waals surface area contributed by atoms with Crippen LogP contribution in [0.15, 0.2) is 18.2 Å². The number of hydrogen-bond donors (Lipinski definition) is 1. The van der Waals surface area contributed by atoms with Crippen LogP contribution in [0.1, 0.15) is 54.9 Å². The fourth-order valence-corrected chi connectivity index (χ4v) is 3.80. The average Bonchev–Trinajstić information content (AvgIpc) is 3.13. The van der Waals surface area contributed by atoms with E-state index in [0.29, 0.717) is 12.1 Å². The van der Waals surface area contributed by atoms with Crippen LogP contribution in [0.5, 0.6) is 0 Å². The quantitative estimate of drug-likeness (QED) is 0.928. The normalized spacial score (nSPS) is 19.6. The maximum atomic E-state index is 13.0. The van der Waals surface area contributed by atoms with Gasteiger partial charge in [-0.3, -0.25) is 4.79 Å². The zero-order valence-corrected chi connectivity index (χ0v) is 12.4. The number of carbonyl (C=O) groups is 2. The molecule has 0 aromatic heterocycles. The minimum absolute atomic E-state index is 0.187. The zero-order chi connectivity index (χ0) is 15.0. The third-order valence-electron chi connectivity index (χ3n) is 5.16. The summed E-state index contributed by atoms with van der Waals surface area (Å²) in [6, 6.07) is 5.10. The third-order valence-corrected chi connectivity index (χ3v) is 5.16. The average molecular weight is 287 g/mol. The molecule has 1 heterocycles. The van der Waals surface area contributed by atoms with Gasteiger partial charge in [0.15, 0.2) is 0 Å². The van der Waals surface area contributed by atoms with Crippen LogP contribution in [-0.2, 0) is 11.2 Å². The minimum atomic E-state index is -0.914. The predicted octanol–water partition coefficient (Wildman–Crippen LogP) is 3.24. The Morgan fingerprint density at radius 3 is 2.62 bits per heavy atom. The minimum Gasteiger partial charge on any atom is -0.478 e. The first kappa shape index (κ1) is 14.1. The number of carboxylic acids is 1. The highest BCUT2D eigenvalue weighted by atomic mass is 16.4. The molecule has 4 nitrogen and oxygen atoms in total. The standard InChI is InChI=1S/C17H21NO3/c1-2-17(8-3-4-9-17)16(21)18-10-7-12-11-13(15(19)20)5-6-14(12)18/h5-6,11H,2-4,7-10H2,1H3,(H,19,20). The number of amides is 1. The Hall–Kier alpha value is -1.84. The number of carboxylic acid groups (broad SMARTS) is 1. The van der Waals surface area contributed by atoms with Crippen LogP contribution in [0, 0.1) is 5.41 Å².